The molecule has 1 saturated heterocycles. The number of carboxylic acid groups (broad SMARTS) is 1. The van der Waals surface area contributed by atoms with E-state index in [2.05, 4.69) is 5.32 Å². The normalized spacial score (nSPS) is 18.9. The second-order valence-corrected chi connectivity index (χ2v) is 4.39. The predicted molar refractivity (Wildman–Crippen MR) is 57.9 cm³/mol. The average Bonchev–Trinajstić information content (AvgIpc) is 2.93. The molecule has 16 heavy (non-hydrogen) atoms. The van der Waals surface area contributed by atoms with E-state index >= 15 is 0 Å². The molecule has 1 amide bonds. The van der Waals surface area contributed by atoms with Crippen molar-refractivity contribution in [3.63, 3.8) is 0 Å². The van der Waals surface area contributed by atoms with Crippen LogP contribution >= 0.6 is 0 Å². The van der Waals surface area contributed by atoms with Gasteiger partial charge in [0.2, 0.25) is 5.91 Å². The number of carbonyl (C=O) groups is 2. The van der Waals surface area contributed by atoms with Gasteiger partial charge in [-0.15, -0.1) is 0 Å². The van der Waals surface area contributed by atoms with Gasteiger partial charge in [-0.3, -0.25) is 9.59 Å². The number of nitrogens with zero attached hydrogens (tertiary/aromatic N) is 1. The van der Waals surface area contributed by atoms with Gasteiger partial charge in [-0.05, 0) is 25.3 Å². The summed E-state index contributed by atoms with van der Waals surface area (Å²) in [6.07, 6.45) is 1.86. The maximum atomic E-state index is 12.1. The SMILES string of the molecule is CC(C(=O)N(CC(=O)O)C1CC1)=C1CNC1. The van der Waals surface area contributed by atoms with Gasteiger partial charge < -0.3 is 15.3 Å². The highest BCUT2D eigenvalue weighted by Crippen LogP contribution is 2.28. The van der Waals surface area contributed by atoms with Crippen molar-refractivity contribution in [1.82, 2.24) is 10.2 Å². The zero-order valence-corrected chi connectivity index (χ0v) is 9.32. The van der Waals surface area contributed by atoms with Crippen LogP contribution in [0.3, 0.4) is 0 Å². The van der Waals surface area contributed by atoms with E-state index in [1.165, 1.54) is 4.90 Å². The Bertz CT molecular complexity index is 352. The molecule has 0 bridgehead atoms. The van der Waals surface area contributed by atoms with Gasteiger partial charge in [0, 0.05) is 24.7 Å². The molecule has 5 nitrogen and oxygen atoms in total. The Kier molecular flexibility index (Phi) is 2.96. The van der Waals surface area contributed by atoms with E-state index in [-0.39, 0.29) is 18.5 Å². The zero-order valence-electron chi connectivity index (χ0n) is 9.32. The first-order valence-electron chi connectivity index (χ1n) is 5.51. The maximum Gasteiger partial charge on any atom is 0.323 e. The number of carboxylic acids is 1. The fourth-order valence-corrected chi connectivity index (χ4v) is 1.78. The average molecular weight is 224 g/mol. The van der Waals surface area contributed by atoms with Gasteiger partial charge in [0.25, 0.3) is 0 Å². The second kappa shape index (κ2) is 4.25. The fourth-order valence-electron chi connectivity index (χ4n) is 1.78. The molecule has 2 rings (SSSR count). The number of hydrogen-bond acceptors (Lipinski definition) is 3. The molecule has 0 aromatic rings. The van der Waals surface area contributed by atoms with E-state index in [4.69, 9.17) is 5.11 Å². The minimum atomic E-state index is -0.940. The van der Waals surface area contributed by atoms with E-state index < -0.39 is 5.97 Å². The highest BCUT2D eigenvalue weighted by atomic mass is 16.4. The third kappa shape index (κ3) is 2.24. The third-order valence-corrected chi connectivity index (χ3v) is 3.08. The van der Waals surface area contributed by atoms with E-state index in [1.807, 2.05) is 0 Å². The van der Waals surface area contributed by atoms with Crippen LogP contribution in [0.5, 0.6) is 0 Å². The molecule has 0 atom stereocenters. The molecular weight excluding hydrogens is 208 g/mol. The molecule has 1 aliphatic carbocycles. The lowest BCUT2D eigenvalue weighted by Gasteiger charge is -2.26. The molecule has 2 N–H and O–H groups in total. The van der Waals surface area contributed by atoms with Crippen LogP contribution in [0.2, 0.25) is 0 Å². The fraction of sp³-hybridized carbons (Fsp3) is 0.636. The first kappa shape index (κ1) is 11.1. The Morgan fingerprint density at radius 2 is 2.06 bits per heavy atom. The van der Waals surface area contributed by atoms with Gasteiger partial charge in [0.1, 0.15) is 6.54 Å². The predicted octanol–water partition coefficient (Wildman–Crippen LogP) is -0.0183. The molecule has 0 spiro atoms. The lowest BCUT2D eigenvalue weighted by molar-refractivity contribution is -0.143. The summed E-state index contributed by atoms with van der Waals surface area (Å²) in [4.78, 5) is 24.3. The van der Waals surface area contributed by atoms with E-state index in [0.717, 1.165) is 31.5 Å². The van der Waals surface area contributed by atoms with Crippen LogP contribution in [-0.2, 0) is 9.59 Å². The number of nitrogens with one attached hydrogen (secondary N) is 1. The summed E-state index contributed by atoms with van der Waals surface area (Å²) < 4.78 is 0. The first-order valence-corrected chi connectivity index (χ1v) is 5.51. The van der Waals surface area contributed by atoms with E-state index in [9.17, 15) is 9.59 Å². The largest absolute Gasteiger partial charge is 0.480 e. The van der Waals surface area contributed by atoms with Crippen molar-refractivity contribution >= 4 is 11.9 Å². The highest BCUT2D eigenvalue weighted by molar-refractivity contribution is 5.96. The number of hydrogen-bond donors (Lipinski definition) is 2. The van der Waals surface area contributed by atoms with Crippen LogP contribution in [0.1, 0.15) is 19.8 Å². The smallest absolute Gasteiger partial charge is 0.323 e. The maximum absolute atomic E-state index is 12.1. The third-order valence-electron chi connectivity index (χ3n) is 3.08. The second-order valence-electron chi connectivity index (χ2n) is 4.39. The summed E-state index contributed by atoms with van der Waals surface area (Å²) in [6.45, 7) is 3.11. The summed E-state index contributed by atoms with van der Waals surface area (Å²) in [6, 6.07) is 0.146. The first-order chi connectivity index (χ1) is 7.59. The Labute approximate surface area is 94.1 Å². The van der Waals surface area contributed by atoms with Crippen molar-refractivity contribution in [2.24, 2.45) is 0 Å². The van der Waals surface area contributed by atoms with Crippen LogP contribution in [0.25, 0.3) is 0 Å². The molecule has 2 fully saturated rings. The number of amides is 1. The van der Waals surface area contributed by atoms with Gasteiger partial charge in [0.15, 0.2) is 0 Å². The van der Waals surface area contributed by atoms with Crippen molar-refractivity contribution in [2.75, 3.05) is 19.6 Å². The Morgan fingerprint density at radius 1 is 1.44 bits per heavy atom. The lowest BCUT2D eigenvalue weighted by Crippen LogP contribution is -2.41. The standard InChI is InChI=1S/C11H16N2O3/c1-7(8-4-12-5-8)11(16)13(6-10(14)15)9-2-3-9/h9,12H,2-6H2,1H3,(H,14,15). The van der Waals surface area contributed by atoms with Gasteiger partial charge in [-0.2, -0.15) is 0 Å². The summed E-state index contributed by atoms with van der Waals surface area (Å²) in [5.41, 5.74) is 1.81. The molecule has 0 aromatic carbocycles. The molecule has 0 unspecified atom stereocenters. The van der Waals surface area contributed by atoms with Crippen molar-refractivity contribution in [1.29, 1.82) is 0 Å². The van der Waals surface area contributed by atoms with Crippen molar-refractivity contribution in [3.05, 3.63) is 11.1 Å². The molecular formula is C11H16N2O3. The van der Waals surface area contributed by atoms with E-state index in [0.29, 0.717) is 5.57 Å². The topological polar surface area (TPSA) is 69.6 Å². The minimum Gasteiger partial charge on any atom is -0.480 e. The van der Waals surface area contributed by atoms with Crippen LogP contribution in [0, 0.1) is 0 Å². The number of aliphatic carboxylic acids is 1. The molecule has 1 aliphatic heterocycles. The molecule has 5 heteroatoms. The zero-order chi connectivity index (χ0) is 11.7. The molecule has 2 aliphatic rings. The molecule has 0 radical (unpaired) electrons. The molecule has 0 aromatic heterocycles. The van der Waals surface area contributed by atoms with E-state index in [1.54, 1.807) is 6.92 Å². The Morgan fingerprint density at radius 3 is 2.44 bits per heavy atom. The monoisotopic (exact) mass is 224 g/mol. The van der Waals surface area contributed by atoms with Crippen LogP contribution in [0.15, 0.2) is 11.1 Å². The van der Waals surface area contributed by atoms with Crippen molar-refractivity contribution in [2.45, 2.75) is 25.8 Å². The summed E-state index contributed by atoms with van der Waals surface area (Å²) in [5.74, 6) is -1.05. The molecule has 88 valence electrons. The van der Waals surface area contributed by atoms with Crippen molar-refractivity contribution < 1.29 is 14.7 Å². The number of rotatable bonds is 4. The summed E-state index contributed by atoms with van der Waals surface area (Å²) in [7, 11) is 0. The van der Waals surface area contributed by atoms with Gasteiger partial charge in [0.05, 0.1) is 0 Å². The Hall–Kier alpha value is -1.36. The molecule has 1 heterocycles. The Balaban J connectivity index is 2.07. The van der Waals surface area contributed by atoms with Crippen LogP contribution in [-0.4, -0.2) is 47.6 Å². The summed E-state index contributed by atoms with van der Waals surface area (Å²) in [5, 5.41) is 11.9. The lowest BCUT2D eigenvalue weighted by atomic mass is 10.0. The van der Waals surface area contributed by atoms with Gasteiger partial charge >= 0.3 is 5.97 Å². The summed E-state index contributed by atoms with van der Waals surface area (Å²) >= 11 is 0. The van der Waals surface area contributed by atoms with Crippen LogP contribution in [0.4, 0.5) is 0 Å². The molecule has 1 saturated carbocycles. The minimum absolute atomic E-state index is 0.110. The quantitative estimate of drug-likeness (QED) is 0.658. The van der Waals surface area contributed by atoms with Gasteiger partial charge in [-0.25, -0.2) is 0 Å². The highest BCUT2D eigenvalue weighted by Gasteiger charge is 2.35. The number of carbonyl (C=O) groups excluding carboxylic acids is 1. The van der Waals surface area contributed by atoms with Crippen molar-refractivity contribution in [3.8, 4) is 0 Å². The van der Waals surface area contributed by atoms with Crippen LogP contribution < -0.4 is 5.32 Å². The van der Waals surface area contributed by atoms with Gasteiger partial charge in [-0.1, -0.05) is 0 Å².